The lowest BCUT2D eigenvalue weighted by atomic mass is 9.97. The van der Waals surface area contributed by atoms with Crippen LogP contribution < -0.4 is 5.73 Å². The third-order valence-corrected chi connectivity index (χ3v) is 2.01. The van der Waals surface area contributed by atoms with Crippen molar-refractivity contribution in [2.45, 2.75) is 26.8 Å². The second-order valence-electron chi connectivity index (χ2n) is 3.24. The number of aryl methyl sites for hydroxylation is 2. The second-order valence-corrected chi connectivity index (χ2v) is 3.24. The molecule has 0 saturated carbocycles. The molecule has 0 radical (unpaired) electrons. The summed E-state index contributed by atoms with van der Waals surface area (Å²) < 4.78 is 12.8. The maximum atomic E-state index is 12.8. The van der Waals surface area contributed by atoms with Crippen LogP contribution in [0.4, 0.5) is 4.39 Å². The summed E-state index contributed by atoms with van der Waals surface area (Å²) in [7, 11) is 0. The lowest BCUT2D eigenvalue weighted by molar-refractivity contribution is 0.622. The Hall–Kier alpha value is -0.890. The van der Waals surface area contributed by atoms with E-state index in [9.17, 15) is 4.39 Å². The van der Waals surface area contributed by atoms with Gasteiger partial charge in [0.2, 0.25) is 0 Å². The number of halogens is 1. The third-order valence-electron chi connectivity index (χ3n) is 2.01. The molecule has 0 bridgehead atoms. The van der Waals surface area contributed by atoms with Crippen molar-refractivity contribution in [3.05, 3.63) is 34.6 Å². The van der Waals surface area contributed by atoms with Crippen LogP contribution >= 0.6 is 0 Å². The molecule has 0 spiro atoms. The molecule has 0 fully saturated rings. The molecular formula is C10H14FN. The summed E-state index contributed by atoms with van der Waals surface area (Å²) in [5.74, 6) is -0.186. The molecule has 1 rings (SSSR count). The van der Waals surface area contributed by atoms with Gasteiger partial charge in [-0.15, -0.1) is 0 Å². The second kappa shape index (κ2) is 3.23. The van der Waals surface area contributed by atoms with E-state index < -0.39 is 0 Å². The van der Waals surface area contributed by atoms with Crippen LogP contribution in [0.1, 0.15) is 29.7 Å². The topological polar surface area (TPSA) is 26.0 Å². The highest BCUT2D eigenvalue weighted by Crippen LogP contribution is 2.20. The Labute approximate surface area is 72.4 Å². The van der Waals surface area contributed by atoms with Crippen molar-refractivity contribution in [3.63, 3.8) is 0 Å². The molecule has 0 amide bonds. The molecular weight excluding hydrogens is 153 g/mol. The number of nitrogens with two attached hydrogens (primary N) is 1. The van der Waals surface area contributed by atoms with Crippen molar-refractivity contribution in [2.75, 3.05) is 0 Å². The molecule has 0 heterocycles. The Morgan fingerprint density at radius 3 is 2.00 bits per heavy atom. The van der Waals surface area contributed by atoms with Crippen molar-refractivity contribution in [2.24, 2.45) is 5.73 Å². The molecule has 0 unspecified atom stereocenters. The average molecular weight is 167 g/mol. The van der Waals surface area contributed by atoms with Crippen molar-refractivity contribution in [3.8, 4) is 0 Å². The molecule has 1 aromatic carbocycles. The first kappa shape index (κ1) is 9.20. The van der Waals surface area contributed by atoms with E-state index in [4.69, 9.17) is 5.73 Å². The lowest BCUT2D eigenvalue weighted by Crippen LogP contribution is -2.09. The average Bonchev–Trinajstić information content (AvgIpc) is 1.82. The van der Waals surface area contributed by atoms with E-state index in [0.717, 1.165) is 16.7 Å². The number of hydrogen-bond donors (Lipinski definition) is 1. The summed E-state index contributed by atoms with van der Waals surface area (Å²) >= 11 is 0. The molecule has 1 atom stereocenters. The zero-order valence-electron chi connectivity index (χ0n) is 7.69. The van der Waals surface area contributed by atoms with Gasteiger partial charge in [0.25, 0.3) is 0 Å². The zero-order valence-corrected chi connectivity index (χ0v) is 7.69. The molecule has 2 N–H and O–H groups in total. The van der Waals surface area contributed by atoms with E-state index in [1.54, 1.807) is 0 Å². The number of benzene rings is 1. The van der Waals surface area contributed by atoms with Crippen LogP contribution in [0.5, 0.6) is 0 Å². The van der Waals surface area contributed by atoms with Gasteiger partial charge in [-0.2, -0.15) is 0 Å². The maximum Gasteiger partial charge on any atom is 0.123 e. The first-order chi connectivity index (χ1) is 5.52. The smallest absolute Gasteiger partial charge is 0.123 e. The van der Waals surface area contributed by atoms with Crippen molar-refractivity contribution >= 4 is 0 Å². The Morgan fingerprint density at radius 1 is 1.25 bits per heavy atom. The molecule has 0 aliphatic carbocycles. The van der Waals surface area contributed by atoms with Gasteiger partial charge >= 0.3 is 0 Å². The van der Waals surface area contributed by atoms with Crippen LogP contribution in [-0.2, 0) is 0 Å². The Bertz CT molecular complexity index is 269. The molecule has 0 aliphatic rings. The predicted octanol–water partition coefficient (Wildman–Crippen LogP) is 2.46. The summed E-state index contributed by atoms with van der Waals surface area (Å²) in [5, 5.41) is 0. The maximum absolute atomic E-state index is 12.8. The van der Waals surface area contributed by atoms with E-state index in [2.05, 4.69) is 0 Å². The predicted molar refractivity (Wildman–Crippen MR) is 48.5 cm³/mol. The van der Waals surface area contributed by atoms with Crippen LogP contribution in [0.2, 0.25) is 0 Å². The van der Waals surface area contributed by atoms with E-state index in [1.165, 1.54) is 12.1 Å². The van der Waals surface area contributed by atoms with Gasteiger partial charge in [-0.3, -0.25) is 0 Å². The highest BCUT2D eigenvalue weighted by molar-refractivity contribution is 5.36. The van der Waals surface area contributed by atoms with Crippen LogP contribution in [0, 0.1) is 19.7 Å². The van der Waals surface area contributed by atoms with Crippen LogP contribution in [0.3, 0.4) is 0 Å². The summed E-state index contributed by atoms with van der Waals surface area (Å²) in [5.41, 5.74) is 8.66. The zero-order chi connectivity index (χ0) is 9.30. The lowest BCUT2D eigenvalue weighted by Gasteiger charge is -2.13. The van der Waals surface area contributed by atoms with Gasteiger partial charge in [0.15, 0.2) is 0 Å². The molecule has 66 valence electrons. The van der Waals surface area contributed by atoms with Gasteiger partial charge in [0.05, 0.1) is 0 Å². The van der Waals surface area contributed by atoms with Crippen molar-refractivity contribution < 1.29 is 4.39 Å². The van der Waals surface area contributed by atoms with Crippen molar-refractivity contribution in [1.82, 2.24) is 0 Å². The van der Waals surface area contributed by atoms with Crippen LogP contribution in [0.15, 0.2) is 12.1 Å². The summed E-state index contributed by atoms with van der Waals surface area (Å²) in [6.07, 6.45) is 0. The highest BCUT2D eigenvalue weighted by atomic mass is 19.1. The fraction of sp³-hybridized carbons (Fsp3) is 0.400. The van der Waals surface area contributed by atoms with Gasteiger partial charge in [-0.25, -0.2) is 4.39 Å². The fourth-order valence-electron chi connectivity index (χ4n) is 1.64. The van der Waals surface area contributed by atoms with E-state index in [0.29, 0.717) is 0 Å². The number of hydrogen-bond acceptors (Lipinski definition) is 1. The van der Waals surface area contributed by atoms with Crippen LogP contribution in [0.25, 0.3) is 0 Å². The molecule has 0 aliphatic heterocycles. The Kier molecular flexibility index (Phi) is 2.48. The van der Waals surface area contributed by atoms with E-state index >= 15 is 0 Å². The van der Waals surface area contributed by atoms with Gasteiger partial charge < -0.3 is 5.73 Å². The van der Waals surface area contributed by atoms with Crippen LogP contribution in [-0.4, -0.2) is 0 Å². The molecule has 0 aromatic heterocycles. The minimum absolute atomic E-state index is 0.0226. The minimum atomic E-state index is -0.186. The van der Waals surface area contributed by atoms with E-state index in [-0.39, 0.29) is 11.9 Å². The van der Waals surface area contributed by atoms with Gasteiger partial charge in [-0.1, -0.05) is 0 Å². The van der Waals surface area contributed by atoms with Gasteiger partial charge in [0, 0.05) is 6.04 Å². The Morgan fingerprint density at radius 2 is 1.67 bits per heavy atom. The minimum Gasteiger partial charge on any atom is -0.324 e. The summed E-state index contributed by atoms with van der Waals surface area (Å²) in [6, 6.07) is 3.02. The Balaban J connectivity index is 3.28. The molecule has 12 heavy (non-hydrogen) atoms. The highest BCUT2D eigenvalue weighted by Gasteiger charge is 2.08. The molecule has 1 nitrogen and oxygen atoms in total. The molecule has 0 saturated heterocycles. The van der Waals surface area contributed by atoms with Crippen molar-refractivity contribution in [1.29, 1.82) is 0 Å². The first-order valence-corrected chi connectivity index (χ1v) is 4.04. The standard InChI is InChI=1S/C10H14FN/c1-6-4-9(11)5-7(2)10(6)8(3)12/h4-5,8H,12H2,1-3H3/t8-/m0/s1. The normalized spacial score (nSPS) is 13.1. The SMILES string of the molecule is Cc1cc(F)cc(C)c1[C@H](C)N. The number of rotatable bonds is 1. The first-order valence-electron chi connectivity index (χ1n) is 4.04. The van der Waals surface area contributed by atoms with Gasteiger partial charge in [-0.05, 0) is 49.6 Å². The third kappa shape index (κ3) is 1.64. The van der Waals surface area contributed by atoms with Gasteiger partial charge in [0.1, 0.15) is 5.82 Å². The summed E-state index contributed by atoms with van der Waals surface area (Å²) in [4.78, 5) is 0. The largest absolute Gasteiger partial charge is 0.324 e. The molecule has 2 heteroatoms. The summed E-state index contributed by atoms with van der Waals surface area (Å²) in [6.45, 7) is 5.68. The fourth-order valence-corrected chi connectivity index (χ4v) is 1.64. The quantitative estimate of drug-likeness (QED) is 0.683. The monoisotopic (exact) mass is 167 g/mol. The van der Waals surface area contributed by atoms with E-state index in [1.807, 2.05) is 20.8 Å². The molecule has 1 aromatic rings.